The molecule has 0 aliphatic carbocycles. The first-order valence-corrected chi connectivity index (χ1v) is 9.39. The largest absolute Gasteiger partial charge is 0.416 e. The van der Waals surface area contributed by atoms with E-state index >= 15 is 0 Å². The summed E-state index contributed by atoms with van der Waals surface area (Å²) >= 11 is 0. The number of hydrogen-bond acceptors (Lipinski definition) is 4. The first kappa shape index (κ1) is 21.4. The predicted octanol–water partition coefficient (Wildman–Crippen LogP) is 1.65. The summed E-state index contributed by atoms with van der Waals surface area (Å²) in [6, 6.07) is 9.36. The second-order valence-corrected chi connectivity index (χ2v) is 7.29. The number of hydrogen-bond donors (Lipinski definition) is 3. The summed E-state index contributed by atoms with van der Waals surface area (Å²) < 4.78 is 59.8. The van der Waals surface area contributed by atoms with E-state index < -0.39 is 33.6 Å². The molecule has 0 heterocycles. The Labute approximate surface area is 158 Å². The van der Waals surface area contributed by atoms with Gasteiger partial charge in [0.15, 0.2) is 0 Å². The highest BCUT2D eigenvalue weighted by molar-refractivity contribution is 7.89. The number of halogens is 3. The number of benzene rings is 2. The van der Waals surface area contributed by atoms with Crippen LogP contribution in [0.15, 0.2) is 53.4 Å². The molecule has 4 N–H and O–H groups in total. The fourth-order valence-electron chi connectivity index (χ4n) is 2.18. The van der Waals surface area contributed by atoms with Gasteiger partial charge in [-0.05, 0) is 48.4 Å². The second kappa shape index (κ2) is 8.40. The van der Waals surface area contributed by atoms with Gasteiger partial charge in [-0.15, -0.1) is 0 Å². The van der Waals surface area contributed by atoms with Gasteiger partial charge in [-0.2, -0.15) is 13.2 Å². The fourth-order valence-corrected chi connectivity index (χ4v) is 2.69. The number of amides is 2. The third-order valence-electron chi connectivity index (χ3n) is 3.63. The van der Waals surface area contributed by atoms with Crippen LogP contribution >= 0.6 is 0 Å². The third-order valence-corrected chi connectivity index (χ3v) is 4.56. The molecule has 0 bridgehead atoms. The smallest absolute Gasteiger partial charge is 0.347 e. The van der Waals surface area contributed by atoms with E-state index in [-0.39, 0.29) is 17.1 Å². The molecule has 11 heteroatoms. The number of rotatable bonds is 5. The van der Waals surface area contributed by atoms with Crippen molar-refractivity contribution in [3.63, 3.8) is 0 Å². The number of carbonyl (C=O) groups excluding carboxylic acids is 2. The van der Waals surface area contributed by atoms with Crippen molar-refractivity contribution in [2.24, 2.45) is 5.14 Å². The molecule has 0 atom stereocenters. The molecule has 0 radical (unpaired) electrons. The van der Waals surface area contributed by atoms with Gasteiger partial charge in [0.25, 0.3) is 0 Å². The van der Waals surface area contributed by atoms with E-state index in [1.165, 1.54) is 24.3 Å². The summed E-state index contributed by atoms with van der Waals surface area (Å²) in [5.74, 6) is -1.98. The van der Waals surface area contributed by atoms with Crippen LogP contribution in [0.1, 0.15) is 11.1 Å². The van der Waals surface area contributed by atoms with Gasteiger partial charge in [0.1, 0.15) is 0 Å². The van der Waals surface area contributed by atoms with Gasteiger partial charge in [-0.25, -0.2) is 13.6 Å². The van der Waals surface area contributed by atoms with Gasteiger partial charge in [-0.3, -0.25) is 9.59 Å². The lowest BCUT2D eigenvalue weighted by molar-refractivity contribution is -0.137. The Balaban J connectivity index is 1.83. The maximum Gasteiger partial charge on any atom is 0.416 e. The number of alkyl halides is 3. The lowest BCUT2D eigenvalue weighted by Gasteiger charge is -2.09. The highest BCUT2D eigenvalue weighted by Crippen LogP contribution is 2.29. The molecule has 2 aromatic carbocycles. The van der Waals surface area contributed by atoms with Crippen molar-refractivity contribution in [2.75, 3.05) is 11.9 Å². The average Bonchev–Trinajstić information content (AvgIpc) is 2.61. The molecule has 0 aliphatic heterocycles. The SMILES string of the molecule is NS(=O)(=O)c1ccc(CCNC(=O)C(=O)Nc2ccc(C(F)(F)F)cc2)cc1. The maximum absolute atomic E-state index is 12.5. The lowest BCUT2D eigenvalue weighted by Crippen LogP contribution is -2.36. The Hall–Kier alpha value is -2.92. The van der Waals surface area contributed by atoms with Gasteiger partial charge in [0.05, 0.1) is 10.5 Å². The van der Waals surface area contributed by atoms with Crippen molar-refractivity contribution in [2.45, 2.75) is 17.5 Å². The zero-order chi connectivity index (χ0) is 20.9. The molecule has 150 valence electrons. The Morgan fingerprint density at radius 3 is 2.00 bits per heavy atom. The van der Waals surface area contributed by atoms with Crippen molar-refractivity contribution < 1.29 is 31.2 Å². The summed E-state index contributed by atoms with van der Waals surface area (Å²) in [6.07, 6.45) is -4.17. The average molecular weight is 415 g/mol. The highest BCUT2D eigenvalue weighted by atomic mass is 32.2. The van der Waals surface area contributed by atoms with Crippen LogP contribution in [-0.2, 0) is 32.2 Å². The first-order chi connectivity index (χ1) is 13.0. The quantitative estimate of drug-likeness (QED) is 0.644. The second-order valence-electron chi connectivity index (χ2n) is 5.72. The van der Waals surface area contributed by atoms with E-state index in [0.717, 1.165) is 24.3 Å². The zero-order valence-electron chi connectivity index (χ0n) is 14.3. The molecule has 0 spiro atoms. The minimum absolute atomic E-state index is 0.0452. The number of primary sulfonamides is 1. The molecule has 2 aromatic rings. The summed E-state index contributed by atoms with van der Waals surface area (Å²) in [4.78, 5) is 23.5. The molecule has 2 amide bonds. The number of carbonyl (C=O) groups is 2. The van der Waals surface area contributed by atoms with Crippen molar-refractivity contribution >= 4 is 27.5 Å². The van der Waals surface area contributed by atoms with Gasteiger partial charge in [-0.1, -0.05) is 12.1 Å². The molecule has 2 rings (SSSR count). The Morgan fingerprint density at radius 2 is 1.50 bits per heavy atom. The molecule has 0 aromatic heterocycles. The highest BCUT2D eigenvalue weighted by Gasteiger charge is 2.30. The number of nitrogens with one attached hydrogen (secondary N) is 2. The van der Waals surface area contributed by atoms with E-state index in [2.05, 4.69) is 10.6 Å². The lowest BCUT2D eigenvalue weighted by atomic mass is 10.1. The third kappa shape index (κ3) is 6.06. The van der Waals surface area contributed by atoms with E-state index in [1.807, 2.05) is 0 Å². The Morgan fingerprint density at radius 1 is 0.929 bits per heavy atom. The van der Waals surface area contributed by atoms with Gasteiger partial charge in [0.2, 0.25) is 10.0 Å². The molecule has 0 aliphatic rings. The van der Waals surface area contributed by atoms with Crippen LogP contribution in [0, 0.1) is 0 Å². The predicted molar refractivity (Wildman–Crippen MR) is 94.6 cm³/mol. The number of sulfonamides is 1. The van der Waals surface area contributed by atoms with Crippen molar-refractivity contribution in [1.82, 2.24) is 5.32 Å². The summed E-state index contributed by atoms with van der Waals surface area (Å²) in [6.45, 7) is 0.0913. The van der Waals surface area contributed by atoms with Crippen LogP contribution in [0.2, 0.25) is 0 Å². The minimum Gasteiger partial charge on any atom is -0.347 e. The molecule has 28 heavy (non-hydrogen) atoms. The van der Waals surface area contributed by atoms with Crippen LogP contribution in [0.25, 0.3) is 0 Å². The molecular formula is C17H16F3N3O4S. The topological polar surface area (TPSA) is 118 Å². The van der Waals surface area contributed by atoms with Crippen molar-refractivity contribution in [3.8, 4) is 0 Å². The van der Waals surface area contributed by atoms with E-state index in [1.54, 1.807) is 0 Å². The van der Waals surface area contributed by atoms with Gasteiger partial charge in [0, 0.05) is 12.2 Å². The molecule has 0 saturated heterocycles. The number of nitrogens with two attached hydrogens (primary N) is 1. The summed E-state index contributed by atoms with van der Waals surface area (Å²) in [5, 5.41) is 9.54. The molecule has 0 saturated carbocycles. The summed E-state index contributed by atoms with van der Waals surface area (Å²) in [7, 11) is -3.79. The van der Waals surface area contributed by atoms with Crippen LogP contribution < -0.4 is 15.8 Å². The van der Waals surface area contributed by atoms with Crippen LogP contribution in [0.5, 0.6) is 0 Å². The maximum atomic E-state index is 12.5. The minimum atomic E-state index is -4.49. The summed E-state index contributed by atoms with van der Waals surface area (Å²) in [5.41, 5.74) is -0.119. The first-order valence-electron chi connectivity index (χ1n) is 7.85. The standard InChI is InChI=1S/C17H16F3N3O4S/c18-17(19,20)12-3-5-13(6-4-12)23-16(25)15(24)22-10-9-11-1-7-14(8-2-11)28(21,26)27/h1-8H,9-10H2,(H,22,24)(H,23,25)(H2,21,26,27). The van der Waals surface area contributed by atoms with E-state index in [0.29, 0.717) is 12.0 Å². The molecule has 0 unspecified atom stereocenters. The van der Waals surface area contributed by atoms with Crippen LogP contribution in [0.4, 0.5) is 18.9 Å². The van der Waals surface area contributed by atoms with Crippen LogP contribution in [0.3, 0.4) is 0 Å². The number of anilines is 1. The fraction of sp³-hybridized carbons (Fsp3) is 0.176. The van der Waals surface area contributed by atoms with Gasteiger partial charge >= 0.3 is 18.0 Å². The van der Waals surface area contributed by atoms with E-state index in [9.17, 15) is 31.2 Å². The zero-order valence-corrected chi connectivity index (χ0v) is 15.1. The van der Waals surface area contributed by atoms with Crippen molar-refractivity contribution in [1.29, 1.82) is 0 Å². The monoisotopic (exact) mass is 415 g/mol. The van der Waals surface area contributed by atoms with Crippen molar-refractivity contribution in [3.05, 3.63) is 59.7 Å². The Bertz CT molecular complexity index is 957. The molecular weight excluding hydrogens is 399 g/mol. The normalized spacial score (nSPS) is 11.7. The molecule has 0 fully saturated rings. The van der Waals surface area contributed by atoms with Crippen LogP contribution in [-0.4, -0.2) is 26.8 Å². The van der Waals surface area contributed by atoms with Gasteiger partial charge < -0.3 is 10.6 Å². The Kier molecular flexibility index (Phi) is 6.41. The molecule has 7 nitrogen and oxygen atoms in total. The van der Waals surface area contributed by atoms with E-state index in [4.69, 9.17) is 5.14 Å².